The highest BCUT2D eigenvalue weighted by Crippen LogP contribution is 2.41. The minimum absolute atomic E-state index is 0.00972. The lowest BCUT2D eigenvalue weighted by molar-refractivity contribution is 0.414. The van der Waals surface area contributed by atoms with Gasteiger partial charge in [0.1, 0.15) is 11.8 Å². The Balaban J connectivity index is 1.84. The molecule has 1 fully saturated rings. The molecule has 2 aromatic heterocycles. The second-order valence-electron chi connectivity index (χ2n) is 6.24. The molecule has 2 atom stereocenters. The molecular formula is C20H20N4OS. The fourth-order valence-electron chi connectivity index (χ4n) is 3.48. The molecule has 0 unspecified atom stereocenters. The topological polar surface area (TPSA) is 42.3 Å². The van der Waals surface area contributed by atoms with E-state index in [2.05, 4.69) is 45.1 Å². The van der Waals surface area contributed by atoms with Gasteiger partial charge < -0.3 is 19.5 Å². The zero-order valence-electron chi connectivity index (χ0n) is 14.7. The average Bonchev–Trinajstić information content (AvgIpc) is 3.25. The number of pyridine rings is 1. The van der Waals surface area contributed by atoms with Gasteiger partial charge in [-0.25, -0.2) is 0 Å². The highest BCUT2D eigenvalue weighted by Gasteiger charge is 2.41. The quantitative estimate of drug-likeness (QED) is 0.717. The standard InChI is InChI=1S/C20H20N4OS/c1-23-12-6-10-17(23)19-18(16-9-3-4-11-21-16)22-20(26)24(19)14-7-5-8-15(13-14)25-2/h3-13,18-19H,1-2H3,(H,22,26)/t18-,19-/m1/s1. The molecule has 1 aliphatic heterocycles. The summed E-state index contributed by atoms with van der Waals surface area (Å²) in [6, 6.07) is 18.1. The molecule has 3 aromatic rings. The van der Waals surface area contributed by atoms with E-state index in [-0.39, 0.29) is 12.1 Å². The third kappa shape index (κ3) is 2.82. The van der Waals surface area contributed by atoms with Gasteiger partial charge in [0.15, 0.2) is 5.11 Å². The van der Waals surface area contributed by atoms with Gasteiger partial charge in [-0.3, -0.25) is 4.98 Å². The molecule has 0 bridgehead atoms. The second-order valence-corrected chi connectivity index (χ2v) is 6.63. The number of ether oxygens (including phenoxy) is 1. The summed E-state index contributed by atoms with van der Waals surface area (Å²) in [5.74, 6) is 0.803. The van der Waals surface area contributed by atoms with Crippen molar-refractivity contribution >= 4 is 23.0 Å². The van der Waals surface area contributed by atoms with E-state index in [1.165, 1.54) is 0 Å². The number of thiocarbonyl (C=S) groups is 1. The monoisotopic (exact) mass is 364 g/mol. The lowest BCUT2D eigenvalue weighted by Crippen LogP contribution is -2.30. The van der Waals surface area contributed by atoms with Gasteiger partial charge in [-0.05, 0) is 48.6 Å². The number of rotatable bonds is 4. The van der Waals surface area contributed by atoms with Gasteiger partial charge in [-0.1, -0.05) is 12.1 Å². The van der Waals surface area contributed by atoms with Crippen molar-refractivity contribution in [2.75, 3.05) is 12.0 Å². The van der Waals surface area contributed by atoms with Crippen molar-refractivity contribution in [3.8, 4) is 5.75 Å². The SMILES string of the molecule is COc1cccc(N2C(=S)N[C@H](c3ccccn3)[C@H]2c2cccn2C)c1. The van der Waals surface area contributed by atoms with Crippen LogP contribution >= 0.6 is 12.2 Å². The van der Waals surface area contributed by atoms with Gasteiger partial charge in [-0.15, -0.1) is 0 Å². The Labute approximate surface area is 158 Å². The molecule has 0 aliphatic carbocycles. The first-order valence-corrected chi connectivity index (χ1v) is 8.86. The van der Waals surface area contributed by atoms with E-state index in [1.807, 2.05) is 48.7 Å². The van der Waals surface area contributed by atoms with Crippen LogP contribution in [-0.2, 0) is 7.05 Å². The Morgan fingerprint density at radius 2 is 2.00 bits per heavy atom. The second kappa shape index (κ2) is 6.80. The van der Waals surface area contributed by atoms with Crippen LogP contribution < -0.4 is 15.0 Å². The maximum atomic E-state index is 5.71. The third-order valence-electron chi connectivity index (χ3n) is 4.72. The van der Waals surface area contributed by atoms with Crippen molar-refractivity contribution in [1.29, 1.82) is 0 Å². The van der Waals surface area contributed by atoms with E-state index in [9.17, 15) is 0 Å². The zero-order chi connectivity index (χ0) is 18.1. The number of methoxy groups -OCH3 is 1. The van der Waals surface area contributed by atoms with Crippen LogP contribution in [0.2, 0.25) is 0 Å². The van der Waals surface area contributed by atoms with Crippen molar-refractivity contribution in [2.45, 2.75) is 12.1 Å². The Kier molecular flexibility index (Phi) is 4.34. The molecule has 132 valence electrons. The Bertz CT molecular complexity index is 924. The molecule has 1 saturated heterocycles. The van der Waals surface area contributed by atoms with Crippen LogP contribution in [-0.4, -0.2) is 21.8 Å². The molecular weight excluding hydrogens is 344 g/mol. The van der Waals surface area contributed by atoms with Crippen LogP contribution in [0.5, 0.6) is 5.75 Å². The fourth-order valence-corrected chi connectivity index (χ4v) is 3.82. The van der Waals surface area contributed by atoms with Crippen LogP contribution in [0.4, 0.5) is 5.69 Å². The van der Waals surface area contributed by atoms with E-state index in [4.69, 9.17) is 17.0 Å². The van der Waals surface area contributed by atoms with E-state index in [0.29, 0.717) is 5.11 Å². The third-order valence-corrected chi connectivity index (χ3v) is 5.03. The number of aryl methyl sites for hydroxylation is 1. The highest BCUT2D eigenvalue weighted by atomic mass is 32.1. The van der Waals surface area contributed by atoms with E-state index in [0.717, 1.165) is 22.8 Å². The molecule has 0 radical (unpaired) electrons. The minimum Gasteiger partial charge on any atom is -0.497 e. The lowest BCUT2D eigenvalue weighted by Gasteiger charge is -2.28. The van der Waals surface area contributed by atoms with E-state index < -0.39 is 0 Å². The number of hydrogen-bond acceptors (Lipinski definition) is 3. The first-order chi connectivity index (χ1) is 12.7. The van der Waals surface area contributed by atoms with Gasteiger partial charge in [0.05, 0.1) is 18.8 Å². The Hall–Kier alpha value is -2.86. The highest BCUT2D eigenvalue weighted by molar-refractivity contribution is 7.80. The normalized spacial score (nSPS) is 19.5. The van der Waals surface area contributed by atoms with Crippen molar-refractivity contribution in [3.63, 3.8) is 0 Å². The summed E-state index contributed by atoms with van der Waals surface area (Å²) in [5, 5.41) is 4.14. The maximum Gasteiger partial charge on any atom is 0.174 e. The van der Waals surface area contributed by atoms with Crippen LogP contribution in [0.3, 0.4) is 0 Å². The van der Waals surface area contributed by atoms with Crippen molar-refractivity contribution in [2.24, 2.45) is 7.05 Å². The first-order valence-electron chi connectivity index (χ1n) is 8.45. The summed E-state index contributed by atoms with van der Waals surface area (Å²) in [7, 11) is 3.72. The molecule has 5 nitrogen and oxygen atoms in total. The molecule has 1 aliphatic rings. The summed E-state index contributed by atoms with van der Waals surface area (Å²) in [6.45, 7) is 0. The van der Waals surface area contributed by atoms with E-state index >= 15 is 0 Å². The van der Waals surface area contributed by atoms with Gasteiger partial charge in [-0.2, -0.15) is 0 Å². The smallest absolute Gasteiger partial charge is 0.174 e. The van der Waals surface area contributed by atoms with Crippen molar-refractivity contribution < 1.29 is 4.74 Å². The summed E-state index contributed by atoms with van der Waals surface area (Å²) in [6.07, 6.45) is 3.87. The van der Waals surface area contributed by atoms with Gasteiger partial charge in [0, 0.05) is 36.9 Å². The molecule has 0 spiro atoms. The molecule has 6 heteroatoms. The predicted molar refractivity (Wildman–Crippen MR) is 106 cm³/mol. The van der Waals surface area contributed by atoms with Crippen molar-refractivity contribution in [1.82, 2.24) is 14.9 Å². The molecule has 0 amide bonds. The molecule has 3 heterocycles. The van der Waals surface area contributed by atoms with Crippen molar-refractivity contribution in [3.05, 3.63) is 78.4 Å². The number of hydrogen-bond donors (Lipinski definition) is 1. The van der Waals surface area contributed by atoms with Gasteiger partial charge >= 0.3 is 0 Å². The largest absolute Gasteiger partial charge is 0.497 e. The average molecular weight is 364 g/mol. The summed E-state index contributed by atoms with van der Waals surface area (Å²) in [5.41, 5.74) is 3.12. The van der Waals surface area contributed by atoms with Crippen LogP contribution in [0.1, 0.15) is 23.5 Å². The zero-order valence-corrected chi connectivity index (χ0v) is 15.5. The molecule has 26 heavy (non-hydrogen) atoms. The molecule has 1 N–H and O–H groups in total. The number of nitrogens with zero attached hydrogens (tertiary/aromatic N) is 3. The molecule has 1 aromatic carbocycles. The predicted octanol–water partition coefficient (Wildman–Crippen LogP) is 3.61. The summed E-state index contributed by atoms with van der Waals surface area (Å²) < 4.78 is 7.53. The van der Waals surface area contributed by atoms with Crippen LogP contribution in [0, 0.1) is 0 Å². The Morgan fingerprint density at radius 3 is 2.69 bits per heavy atom. The number of benzene rings is 1. The Morgan fingerprint density at radius 1 is 1.12 bits per heavy atom. The molecule has 4 rings (SSSR count). The van der Waals surface area contributed by atoms with Crippen LogP contribution in [0.15, 0.2) is 67.0 Å². The number of nitrogens with one attached hydrogen (secondary N) is 1. The van der Waals surface area contributed by atoms with Crippen LogP contribution in [0.25, 0.3) is 0 Å². The lowest BCUT2D eigenvalue weighted by atomic mass is 10.0. The summed E-state index contributed by atoms with van der Waals surface area (Å²) >= 11 is 5.71. The van der Waals surface area contributed by atoms with Gasteiger partial charge in [0.25, 0.3) is 0 Å². The summed E-state index contributed by atoms with van der Waals surface area (Å²) in [4.78, 5) is 6.71. The number of anilines is 1. The maximum absolute atomic E-state index is 5.71. The van der Waals surface area contributed by atoms with E-state index in [1.54, 1.807) is 7.11 Å². The minimum atomic E-state index is -0.0384. The van der Waals surface area contributed by atoms with Gasteiger partial charge in [0.2, 0.25) is 0 Å². The number of aromatic nitrogens is 2. The first kappa shape index (κ1) is 16.6. The molecule has 0 saturated carbocycles. The fraction of sp³-hybridized carbons (Fsp3) is 0.200.